The van der Waals surface area contributed by atoms with Crippen molar-refractivity contribution in [1.82, 2.24) is 4.90 Å². The third kappa shape index (κ3) is 3.98. The molecule has 0 spiro atoms. The summed E-state index contributed by atoms with van der Waals surface area (Å²) in [5.41, 5.74) is 7.15. The lowest BCUT2D eigenvalue weighted by molar-refractivity contribution is 0.309. The van der Waals surface area contributed by atoms with Gasteiger partial charge in [0.1, 0.15) is 0 Å². The van der Waals surface area contributed by atoms with Gasteiger partial charge in [0.25, 0.3) is 0 Å². The highest BCUT2D eigenvalue weighted by atomic mass is 35.5. The first-order chi connectivity index (χ1) is 7.79. The van der Waals surface area contributed by atoms with Gasteiger partial charge in [0.2, 0.25) is 0 Å². The first-order valence-electron chi connectivity index (χ1n) is 6.27. The van der Waals surface area contributed by atoms with E-state index in [2.05, 4.69) is 42.2 Å². The van der Waals surface area contributed by atoms with Crippen LogP contribution in [0.1, 0.15) is 24.8 Å². The van der Waals surface area contributed by atoms with E-state index in [0.29, 0.717) is 5.92 Å². The third-order valence-electron chi connectivity index (χ3n) is 3.60. The Morgan fingerprint density at radius 1 is 1.35 bits per heavy atom. The molecule has 2 N–H and O–H groups in total. The molecule has 1 saturated heterocycles. The molecule has 0 amide bonds. The molecule has 1 aliphatic rings. The van der Waals surface area contributed by atoms with E-state index < -0.39 is 0 Å². The van der Waals surface area contributed by atoms with E-state index in [-0.39, 0.29) is 12.4 Å². The fourth-order valence-electron chi connectivity index (χ4n) is 2.55. The molecule has 2 rings (SSSR count). The van der Waals surface area contributed by atoms with Crippen LogP contribution in [0.5, 0.6) is 0 Å². The van der Waals surface area contributed by atoms with Crippen molar-refractivity contribution in [3.05, 3.63) is 35.9 Å². The Balaban J connectivity index is 0.00000144. The maximum atomic E-state index is 5.71. The zero-order valence-electron chi connectivity index (χ0n) is 10.5. The van der Waals surface area contributed by atoms with Crippen LogP contribution in [0.25, 0.3) is 0 Å². The number of halogens is 1. The average Bonchev–Trinajstić information content (AvgIpc) is 2.78. The highest BCUT2D eigenvalue weighted by Gasteiger charge is 2.22. The molecule has 2 unspecified atom stereocenters. The first kappa shape index (κ1) is 14.5. The zero-order valence-corrected chi connectivity index (χ0v) is 11.3. The number of hydrogen-bond acceptors (Lipinski definition) is 2. The minimum atomic E-state index is 0. The minimum Gasteiger partial charge on any atom is -0.330 e. The van der Waals surface area contributed by atoms with Gasteiger partial charge in [-0.15, -0.1) is 12.4 Å². The average molecular weight is 255 g/mol. The fourth-order valence-corrected chi connectivity index (χ4v) is 2.55. The molecule has 17 heavy (non-hydrogen) atoms. The summed E-state index contributed by atoms with van der Waals surface area (Å²) in [6.07, 6.45) is 1.28. The van der Waals surface area contributed by atoms with Crippen molar-refractivity contribution in [3.63, 3.8) is 0 Å². The Bertz CT molecular complexity index is 315. The molecule has 1 fully saturated rings. The van der Waals surface area contributed by atoms with Crippen LogP contribution in [-0.2, 0) is 0 Å². The summed E-state index contributed by atoms with van der Waals surface area (Å²) < 4.78 is 0. The van der Waals surface area contributed by atoms with Crippen LogP contribution in [0.15, 0.2) is 30.3 Å². The molecule has 0 saturated carbocycles. The Morgan fingerprint density at radius 3 is 2.65 bits per heavy atom. The van der Waals surface area contributed by atoms with Gasteiger partial charge in [0.15, 0.2) is 0 Å². The summed E-state index contributed by atoms with van der Waals surface area (Å²) in [7, 11) is 0. The Kier molecular flexibility index (Phi) is 5.96. The topological polar surface area (TPSA) is 29.3 Å². The van der Waals surface area contributed by atoms with Gasteiger partial charge in [-0.3, -0.25) is 0 Å². The highest BCUT2D eigenvalue weighted by Crippen LogP contribution is 2.21. The summed E-state index contributed by atoms with van der Waals surface area (Å²) >= 11 is 0. The van der Waals surface area contributed by atoms with Crippen molar-refractivity contribution >= 4 is 12.4 Å². The molecule has 0 radical (unpaired) electrons. The van der Waals surface area contributed by atoms with E-state index >= 15 is 0 Å². The summed E-state index contributed by atoms with van der Waals surface area (Å²) in [5.74, 6) is 1.35. The second-order valence-electron chi connectivity index (χ2n) is 4.96. The molecule has 96 valence electrons. The monoisotopic (exact) mass is 254 g/mol. The lowest BCUT2D eigenvalue weighted by atomic mass is 10.0. The van der Waals surface area contributed by atoms with E-state index in [4.69, 9.17) is 5.73 Å². The molecular weight excluding hydrogens is 232 g/mol. The van der Waals surface area contributed by atoms with Crippen LogP contribution in [0.4, 0.5) is 0 Å². The van der Waals surface area contributed by atoms with Crippen molar-refractivity contribution in [2.45, 2.75) is 19.3 Å². The van der Waals surface area contributed by atoms with Crippen LogP contribution in [0.3, 0.4) is 0 Å². The standard InChI is InChI=1S/C14H22N2.ClH/c1-12(14-5-3-2-4-6-14)10-16-8-7-13(9-15)11-16;/h2-6,12-13H,7-11,15H2,1H3;1H. The Hall–Kier alpha value is -0.570. The molecule has 2 nitrogen and oxygen atoms in total. The summed E-state index contributed by atoms with van der Waals surface area (Å²) in [6.45, 7) is 6.73. The molecule has 1 heterocycles. The van der Waals surface area contributed by atoms with Gasteiger partial charge in [-0.05, 0) is 36.9 Å². The SMILES string of the molecule is CC(CN1CCC(CN)C1)c1ccccc1.Cl. The first-order valence-corrected chi connectivity index (χ1v) is 6.27. The van der Waals surface area contributed by atoms with Gasteiger partial charge < -0.3 is 10.6 Å². The lowest BCUT2D eigenvalue weighted by Gasteiger charge is -2.21. The van der Waals surface area contributed by atoms with Crippen molar-refractivity contribution < 1.29 is 0 Å². The van der Waals surface area contributed by atoms with Crippen LogP contribution < -0.4 is 5.73 Å². The van der Waals surface area contributed by atoms with Crippen molar-refractivity contribution in [3.8, 4) is 0 Å². The third-order valence-corrected chi connectivity index (χ3v) is 3.60. The Labute approximate surface area is 111 Å². The smallest absolute Gasteiger partial charge is 0.00477 e. The van der Waals surface area contributed by atoms with E-state index in [1.54, 1.807) is 0 Å². The molecule has 0 aliphatic carbocycles. The molecule has 1 aromatic carbocycles. The number of likely N-dealkylation sites (tertiary alicyclic amines) is 1. The minimum absolute atomic E-state index is 0. The molecular formula is C14H23ClN2. The fraction of sp³-hybridized carbons (Fsp3) is 0.571. The van der Waals surface area contributed by atoms with E-state index in [9.17, 15) is 0 Å². The predicted octanol–water partition coefficient (Wildman–Crippen LogP) is 2.49. The van der Waals surface area contributed by atoms with E-state index in [1.165, 1.54) is 31.6 Å². The normalized spacial score (nSPS) is 22.1. The van der Waals surface area contributed by atoms with Crippen LogP contribution in [0, 0.1) is 5.92 Å². The van der Waals surface area contributed by atoms with Crippen molar-refractivity contribution in [2.24, 2.45) is 11.7 Å². The summed E-state index contributed by atoms with van der Waals surface area (Å²) in [5, 5.41) is 0. The molecule has 1 aromatic rings. The van der Waals surface area contributed by atoms with Gasteiger partial charge >= 0.3 is 0 Å². The largest absolute Gasteiger partial charge is 0.330 e. The lowest BCUT2D eigenvalue weighted by Crippen LogP contribution is -2.27. The van der Waals surface area contributed by atoms with E-state index in [0.717, 1.165) is 12.5 Å². The van der Waals surface area contributed by atoms with Crippen molar-refractivity contribution in [2.75, 3.05) is 26.2 Å². The molecule has 3 heteroatoms. The molecule has 1 aliphatic heterocycles. The quantitative estimate of drug-likeness (QED) is 0.895. The summed E-state index contributed by atoms with van der Waals surface area (Å²) in [6, 6.07) is 10.8. The van der Waals surface area contributed by atoms with Crippen molar-refractivity contribution in [1.29, 1.82) is 0 Å². The second kappa shape index (κ2) is 7.00. The number of rotatable bonds is 4. The van der Waals surface area contributed by atoms with Crippen LogP contribution >= 0.6 is 12.4 Å². The number of nitrogens with two attached hydrogens (primary N) is 1. The Morgan fingerprint density at radius 2 is 2.06 bits per heavy atom. The van der Waals surface area contributed by atoms with Gasteiger partial charge in [-0.2, -0.15) is 0 Å². The molecule has 0 aromatic heterocycles. The van der Waals surface area contributed by atoms with Gasteiger partial charge in [0, 0.05) is 13.1 Å². The van der Waals surface area contributed by atoms with E-state index in [1.807, 2.05) is 0 Å². The second-order valence-corrected chi connectivity index (χ2v) is 4.96. The van der Waals surface area contributed by atoms with Crippen LogP contribution in [-0.4, -0.2) is 31.1 Å². The maximum Gasteiger partial charge on any atom is 0.00477 e. The molecule has 0 bridgehead atoms. The van der Waals surface area contributed by atoms with Gasteiger partial charge in [0.05, 0.1) is 0 Å². The number of nitrogens with zero attached hydrogens (tertiary/aromatic N) is 1. The number of benzene rings is 1. The van der Waals surface area contributed by atoms with Crippen LogP contribution in [0.2, 0.25) is 0 Å². The predicted molar refractivity (Wildman–Crippen MR) is 75.7 cm³/mol. The zero-order chi connectivity index (χ0) is 11.4. The molecule has 2 atom stereocenters. The highest BCUT2D eigenvalue weighted by molar-refractivity contribution is 5.85. The maximum absolute atomic E-state index is 5.71. The van der Waals surface area contributed by atoms with Gasteiger partial charge in [-0.25, -0.2) is 0 Å². The van der Waals surface area contributed by atoms with Gasteiger partial charge in [-0.1, -0.05) is 37.3 Å². The summed E-state index contributed by atoms with van der Waals surface area (Å²) in [4.78, 5) is 2.55. The number of hydrogen-bond donors (Lipinski definition) is 1.